The maximum Gasteiger partial charge on any atom is 0.305 e. The summed E-state index contributed by atoms with van der Waals surface area (Å²) >= 11 is 0. The van der Waals surface area contributed by atoms with Gasteiger partial charge in [-0.3, -0.25) is 9.59 Å². The number of hydrogen-bond donors (Lipinski definition) is 1. The summed E-state index contributed by atoms with van der Waals surface area (Å²) in [5.41, 5.74) is 5.29. The smallest absolute Gasteiger partial charge is 0.305 e. The number of esters is 1. The molecule has 0 spiro atoms. The van der Waals surface area contributed by atoms with Crippen LogP contribution >= 0.6 is 0 Å². The van der Waals surface area contributed by atoms with Crippen LogP contribution in [0.3, 0.4) is 0 Å². The highest BCUT2D eigenvalue weighted by Gasteiger charge is 2.15. The lowest BCUT2D eigenvalue weighted by Gasteiger charge is -2.10. The van der Waals surface area contributed by atoms with Crippen LogP contribution in [0, 0.1) is 5.92 Å². The van der Waals surface area contributed by atoms with Crippen LogP contribution in [0.15, 0.2) is 0 Å². The van der Waals surface area contributed by atoms with Gasteiger partial charge >= 0.3 is 5.97 Å². The summed E-state index contributed by atoms with van der Waals surface area (Å²) < 4.78 is 5.24. The number of amides is 1. The number of ether oxygens (including phenoxy) is 1. The summed E-state index contributed by atoms with van der Waals surface area (Å²) in [7, 11) is 0. The molecular formula is C25H49NO3. The molecule has 4 nitrogen and oxygen atoms in total. The molecule has 0 aliphatic carbocycles. The first-order valence-electron chi connectivity index (χ1n) is 12.6. The maximum atomic E-state index is 11.7. The van der Waals surface area contributed by atoms with Crippen molar-refractivity contribution in [3.05, 3.63) is 0 Å². The Morgan fingerprint density at radius 3 is 1.48 bits per heavy atom. The minimum Gasteiger partial charge on any atom is -0.466 e. The third-order valence-corrected chi connectivity index (χ3v) is 5.85. The first-order chi connectivity index (χ1) is 14.1. The van der Waals surface area contributed by atoms with Gasteiger partial charge in [0.15, 0.2) is 0 Å². The molecule has 0 saturated carbocycles. The molecule has 1 amide bonds. The van der Waals surface area contributed by atoms with Crippen molar-refractivity contribution in [2.45, 2.75) is 136 Å². The van der Waals surface area contributed by atoms with E-state index in [0.717, 1.165) is 12.8 Å². The van der Waals surface area contributed by atoms with Gasteiger partial charge in [0.1, 0.15) is 0 Å². The fourth-order valence-electron chi connectivity index (χ4n) is 3.75. The van der Waals surface area contributed by atoms with Gasteiger partial charge < -0.3 is 10.5 Å². The molecule has 1 atom stereocenters. The number of primary amides is 1. The van der Waals surface area contributed by atoms with E-state index >= 15 is 0 Å². The Balaban J connectivity index is 3.23. The van der Waals surface area contributed by atoms with E-state index < -0.39 is 0 Å². The Morgan fingerprint density at radius 2 is 1.10 bits per heavy atom. The minimum absolute atomic E-state index is 0.203. The summed E-state index contributed by atoms with van der Waals surface area (Å²) in [5, 5.41) is 0. The summed E-state index contributed by atoms with van der Waals surface area (Å²) in [6.07, 6.45) is 22.9. The third-order valence-electron chi connectivity index (χ3n) is 5.85. The van der Waals surface area contributed by atoms with Crippen molar-refractivity contribution in [1.82, 2.24) is 0 Å². The molecule has 29 heavy (non-hydrogen) atoms. The number of rotatable bonds is 22. The fourth-order valence-corrected chi connectivity index (χ4v) is 3.75. The van der Waals surface area contributed by atoms with Gasteiger partial charge in [0.05, 0.1) is 6.61 Å². The zero-order valence-electron chi connectivity index (χ0n) is 19.5. The average molecular weight is 412 g/mol. The maximum absolute atomic E-state index is 11.7. The van der Waals surface area contributed by atoms with E-state index in [1.807, 2.05) is 6.92 Å². The second-order valence-corrected chi connectivity index (χ2v) is 8.57. The lowest BCUT2D eigenvalue weighted by atomic mass is 10.00. The van der Waals surface area contributed by atoms with E-state index in [-0.39, 0.29) is 17.8 Å². The highest BCUT2D eigenvalue weighted by atomic mass is 16.5. The molecule has 0 heterocycles. The Kier molecular flexibility index (Phi) is 20.9. The summed E-state index contributed by atoms with van der Waals surface area (Å²) in [6, 6.07) is 0. The van der Waals surface area contributed by atoms with Gasteiger partial charge in [-0.15, -0.1) is 0 Å². The molecule has 2 N–H and O–H groups in total. The summed E-state index contributed by atoms with van der Waals surface area (Å²) in [6.45, 7) is 4.69. The lowest BCUT2D eigenvalue weighted by molar-refractivity contribution is -0.144. The van der Waals surface area contributed by atoms with Crippen molar-refractivity contribution >= 4 is 11.9 Å². The van der Waals surface area contributed by atoms with Crippen molar-refractivity contribution in [1.29, 1.82) is 0 Å². The van der Waals surface area contributed by atoms with Crippen LogP contribution in [-0.2, 0) is 14.3 Å². The molecular weight excluding hydrogens is 362 g/mol. The SMILES string of the molecule is CCCCCCCCCCCCCCCCCCOC(=O)CCC(CC)C(N)=O. The van der Waals surface area contributed by atoms with E-state index in [9.17, 15) is 9.59 Å². The highest BCUT2D eigenvalue weighted by molar-refractivity contribution is 5.77. The molecule has 0 aromatic heterocycles. The van der Waals surface area contributed by atoms with Crippen LogP contribution in [0.2, 0.25) is 0 Å². The quantitative estimate of drug-likeness (QED) is 0.153. The standard InChI is InChI=1S/C25H49NO3/c1-3-5-6-7-8-9-10-11-12-13-14-15-16-17-18-19-22-29-24(27)21-20-23(4-2)25(26)28/h23H,3-22H2,1-2H3,(H2,26,28). The van der Waals surface area contributed by atoms with E-state index in [4.69, 9.17) is 10.5 Å². The van der Waals surface area contributed by atoms with Crippen LogP contribution in [0.25, 0.3) is 0 Å². The molecule has 0 saturated heterocycles. The second-order valence-electron chi connectivity index (χ2n) is 8.57. The normalized spacial score (nSPS) is 12.1. The Labute approximate surface area is 180 Å². The molecule has 0 radical (unpaired) electrons. The molecule has 0 bridgehead atoms. The zero-order valence-corrected chi connectivity index (χ0v) is 19.5. The van der Waals surface area contributed by atoms with Gasteiger partial charge in [-0.2, -0.15) is 0 Å². The van der Waals surface area contributed by atoms with Crippen molar-refractivity contribution < 1.29 is 14.3 Å². The molecule has 4 heteroatoms. The molecule has 0 rings (SSSR count). The van der Waals surface area contributed by atoms with Crippen LogP contribution in [0.4, 0.5) is 0 Å². The molecule has 0 fully saturated rings. The molecule has 0 aliphatic heterocycles. The Morgan fingerprint density at radius 1 is 0.690 bits per heavy atom. The van der Waals surface area contributed by atoms with E-state index in [0.29, 0.717) is 25.9 Å². The fraction of sp³-hybridized carbons (Fsp3) is 0.920. The average Bonchev–Trinajstić information content (AvgIpc) is 2.70. The van der Waals surface area contributed by atoms with Gasteiger partial charge in [0.25, 0.3) is 0 Å². The zero-order chi connectivity index (χ0) is 21.6. The molecule has 172 valence electrons. The van der Waals surface area contributed by atoms with E-state index in [2.05, 4.69) is 6.92 Å². The Bertz CT molecular complexity index is 384. The van der Waals surface area contributed by atoms with Gasteiger partial charge in [-0.1, -0.05) is 110 Å². The monoisotopic (exact) mass is 411 g/mol. The summed E-state index contributed by atoms with van der Waals surface area (Å²) in [4.78, 5) is 22.8. The summed E-state index contributed by atoms with van der Waals surface area (Å²) in [5.74, 6) is -0.734. The van der Waals surface area contributed by atoms with Gasteiger partial charge in [-0.05, 0) is 19.3 Å². The molecule has 0 aromatic carbocycles. The predicted molar refractivity (Wildman–Crippen MR) is 123 cm³/mol. The first kappa shape index (κ1) is 27.9. The van der Waals surface area contributed by atoms with Crippen LogP contribution in [0.1, 0.15) is 136 Å². The molecule has 1 unspecified atom stereocenters. The van der Waals surface area contributed by atoms with Crippen LogP contribution in [-0.4, -0.2) is 18.5 Å². The topological polar surface area (TPSA) is 69.4 Å². The van der Waals surface area contributed by atoms with E-state index in [1.54, 1.807) is 0 Å². The van der Waals surface area contributed by atoms with Crippen molar-refractivity contribution in [3.8, 4) is 0 Å². The second kappa shape index (κ2) is 21.6. The number of unbranched alkanes of at least 4 members (excludes halogenated alkanes) is 15. The number of hydrogen-bond acceptors (Lipinski definition) is 3. The lowest BCUT2D eigenvalue weighted by Crippen LogP contribution is -2.23. The Hall–Kier alpha value is -1.06. The van der Waals surface area contributed by atoms with Gasteiger partial charge in [-0.25, -0.2) is 0 Å². The van der Waals surface area contributed by atoms with Crippen LogP contribution < -0.4 is 5.73 Å². The molecule has 0 aliphatic rings. The van der Waals surface area contributed by atoms with Crippen molar-refractivity contribution in [3.63, 3.8) is 0 Å². The number of nitrogens with two attached hydrogens (primary N) is 1. The molecule has 0 aromatic rings. The van der Waals surface area contributed by atoms with Crippen molar-refractivity contribution in [2.75, 3.05) is 6.61 Å². The van der Waals surface area contributed by atoms with Crippen molar-refractivity contribution in [2.24, 2.45) is 11.7 Å². The number of carbonyl (C=O) groups excluding carboxylic acids is 2. The number of carbonyl (C=O) groups is 2. The minimum atomic E-state index is -0.321. The first-order valence-corrected chi connectivity index (χ1v) is 12.6. The van der Waals surface area contributed by atoms with Gasteiger partial charge in [0.2, 0.25) is 5.91 Å². The van der Waals surface area contributed by atoms with E-state index in [1.165, 1.54) is 89.9 Å². The third kappa shape index (κ3) is 20.0. The van der Waals surface area contributed by atoms with Gasteiger partial charge in [0, 0.05) is 12.3 Å². The highest BCUT2D eigenvalue weighted by Crippen LogP contribution is 2.14. The van der Waals surface area contributed by atoms with Crippen LogP contribution in [0.5, 0.6) is 0 Å². The largest absolute Gasteiger partial charge is 0.466 e. The predicted octanol–water partition coefficient (Wildman–Crippen LogP) is 7.08.